The summed E-state index contributed by atoms with van der Waals surface area (Å²) in [6.45, 7) is 0. The van der Waals surface area contributed by atoms with E-state index in [-0.39, 0.29) is 0 Å². The number of rotatable bonds is 6. The van der Waals surface area contributed by atoms with Gasteiger partial charge >= 0.3 is 0 Å². The van der Waals surface area contributed by atoms with Gasteiger partial charge in [-0.2, -0.15) is 0 Å². The molecule has 3 heterocycles. The molecule has 0 atom stereocenters. The standard InChI is InChI=1S/C53H33NO2/c1-2-19-50-46(18-1)48-31-44(20-22-51(48)55-50)42-16-6-14-40(29-42)38-12-4-10-36(27-38)34-8-3-9-35(26-34)37-11-5-13-39(28-37)41-15-7-17-43(30-41)45-21-23-52-49(32-45)47-24-25-54-33-53(47)56-52/h1-33H. The molecule has 0 saturated heterocycles. The molecule has 0 spiro atoms. The second kappa shape index (κ2) is 13.1. The first-order valence-corrected chi connectivity index (χ1v) is 18.9. The molecule has 3 heteroatoms. The topological polar surface area (TPSA) is 39.2 Å². The highest BCUT2D eigenvalue weighted by atomic mass is 16.3. The number of furan rings is 2. The minimum atomic E-state index is 0.807. The van der Waals surface area contributed by atoms with E-state index >= 15 is 0 Å². The van der Waals surface area contributed by atoms with Crippen LogP contribution in [0.25, 0.3) is 111 Å². The minimum Gasteiger partial charge on any atom is -0.456 e. The molecule has 0 aliphatic heterocycles. The zero-order chi connectivity index (χ0) is 37.0. The van der Waals surface area contributed by atoms with Gasteiger partial charge in [0.1, 0.15) is 16.7 Å². The van der Waals surface area contributed by atoms with Gasteiger partial charge in [0.25, 0.3) is 0 Å². The quantitative estimate of drug-likeness (QED) is 0.172. The van der Waals surface area contributed by atoms with Crippen LogP contribution in [0.5, 0.6) is 0 Å². The zero-order valence-electron chi connectivity index (χ0n) is 30.3. The van der Waals surface area contributed by atoms with E-state index in [0.717, 1.165) is 49.4 Å². The fraction of sp³-hybridized carbons (Fsp3) is 0. The van der Waals surface area contributed by atoms with Gasteiger partial charge in [0.15, 0.2) is 5.58 Å². The minimum absolute atomic E-state index is 0.807. The van der Waals surface area contributed by atoms with Gasteiger partial charge in [0.05, 0.1) is 6.20 Å². The van der Waals surface area contributed by atoms with Gasteiger partial charge in [-0.15, -0.1) is 0 Å². The van der Waals surface area contributed by atoms with Crippen LogP contribution in [-0.4, -0.2) is 4.98 Å². The molecule has 11 aromatic rings. The maximum Gasteiger partial charge on any atom is 0.153 e. The smallest absolute Gasteiger partial charge is 0.153 e. The molecule has 0 aliphatic carbocycles. The van der Waals surface area contributed by atoms with Crippen molar-refractivity contribution >= 4 is 43.9 Å². The SMILES string of the molecule is c1cc(-c2cccc(-c3cccc(-c4ccc5oc6ccccc6c5c4)c3)c2)cc(-c2cccc(-c3cccc(-c4ccc5oc6cnccc6c5c4)c3)c2)c1. The number of para-hydroxylation sites is 1. The lowest BCUT2D eigenvalue weighted by molar-refractivity contribution is 0.667. The van der Waals surface area contributed by atoms with E-state index in [2.05, 4.69) is 175 Å². The highest BCUT2D eigenvalue weighted by Gasteiger charge is 2.12. The van der Waals surface area contributed by atoms with Gasteiger partial charge in [0, 0.05) is 27.7 Å². The van der Waals surface area contributed by atoms with E-state index in [1.807, 2.05) is 24.4 Å². The number of aromatic nitrogens is 1. The summed E-state index contributed by atoms with van der Waals surface area (Å²) >= 11 is 0. The molecule has 0 saturated carbocycles. The van der Waals surface area contributed by atoms with Crippen molar-refractivity contribution in [3.8, 4) is 66.8 Å². The Balaban J connectivity index is 0.886. The first-order chi connectivity index (χ1) is 27.7. The fourth-order valence-electron chi connectivity index (χ4n) is 8.11. The number of hydrogen-bond acceptors (Lipinski definition) is 3. The van der Waals surface area contributed by atoms with Crippen molar-refractivity contribution in [2.24, 2.45) is 0 Å². The average Bonchev–Trinajstić information content (AvgIpc) is 3.84. The molecule has 262 valence electrons. The summed E-state index contributed by atoms with van der Waals surface area (Å²) in [5, 5.41) is 4.46. The molecule has 0 N–H and O–H groups in total. The lowest BCUT2D eigenvalue weighted by Crippen LogP contribution is -1.86. The maximum atomic E-state index is 6.09. The molecule has 0 unspecified atom stereocenters. The number of fused-ring (bicyclic) bond motifs is 6. The second-order valence-electron chi connectivity index (χ2n) is 14.4. The van der Waals surface area contributed by atoms with Crippen molar-refractivity contribution in [3.63, 3.8) is 0 Å². The molecular formula is C53H33NO2. The van der Waals surface area contributed by atoms with Gasteiger partial charge in [0.2, 0.25) is 0 Å². The van der Waals surface area contributed by atoms with Crippen LogP contribution in [0.1, 0.15) is 0 Å². The summed E-state index contributed by atoms with van der Waals surface area (Å²) in [6.07, 6.45) is 3.60. The predicted octanol–water partition coefficient (Wildman–Crippen LogP) is 14.9. The molecule has 3 aromatic heterocycles. The molecule has 0 fully saturated rings. The Kier molecular flexibility index (Phi) is 7.49. The summed E-state index contributed by atoms with van der Waals surface area (Å²) in [6, 6.07) is 67.3. The van der Waals surface area contributed by atoms with Crippen molar-refractivity contribution in [2.75, 3.05) is 0 Å². The molecule has 3 nitrogen and oxygen atoms in total. The summed E-state index contributed by atoms with van der Waals surface area (Å²) in [7, 11) is 0. The van der Waals surface area contributed by atoms with E-state index in [0.29, 0.717) is 0 Å². The summed E-state index contributed by atoms with van der Waals surface area (Å²) < 4.78 is 12.1. The number of pyridine rings is 1. The van der Waals surface area contributed by atoms with Crippen molar-refractivity contribution in [1.82, 2.24) is 4.98 Å². The third-order valence-electron chi connectivity index (χ3n) is 11.0. The maximum absolute atomic E-state index is 6.09. The first-order valence-electron chi connectivity index (χ1n) is 18.9. The summed E-state index contributed by atoms with van der Waals surface area (Å²) in [5.41, 5.74) is 17.6. The van der Waals surface area contributed by atoms with Crippen molar-refractivity contribution < 1.29 is 8.83 Å². The van der Waals surface area contributed by atoms with Crippen molar-refractivity contribution in [2.45, 2.75) is 0 Å². The van der Waals surface area contributed by atoms with Crippen LogP contribution in [0.4, 0.5) is 0 Å². The molecular weight excluding hydrogens is 683 g/mol. The van der Waals surface area contributed by atoms with Gasteiger partial charge in [-0.1, -0.05) is 121 Å². The third-order valence-corrected chi connectivity index (χ3v) is 11.0. The fourth-order valence-corrected chi connectivity index (χ4v) is 8.11. The van der Waals surface area contributed by atoms with E-state index in [1.165, 1.54) is 61.2 Å². The van der Waals surface area contributed by atoms with Crippen LogP contribution in [0, 0.1) is 0 Å². The molecule has 0 bridgehead atoms. The van der Waals surface area contributed by atoms with Crippen molar-refractivity contribution in [3.05, 3.63) is 200 Å². The molecule has 56 heavy (non-hydrogen) atoms. The first kappa shape index (κ1) is 32.0. The van der Waals surface area contributed by atoms with Crippen LogP contribution in [-0.2, 0) is 0 Å². The normalized spacial score (nSPS) is 11.6. The van der Waals surface area contributed by atoms with Crippen LogP contribution in [0.3, 0.4) is 0 Å². The lowest BCUT2D eigenvalue weighted by Gasteiger charge is -2.11. The summed E-state index contributed by atoms with van der Waals surface area (Å²) in [4.78, 5) is 4.22. The Hall–Kier alpha value is -7.49. The van der Waals surface area contributed by atoms with E-state index < -0.39 is 0 Å². The third kappa shape index (κ3) is 5.66. The Bertz CT molecular complexity index is 3060. The molecule has 0 radical (unpaired) electrons. The van der Waals surface area contributed by atoms with Crippen molar-refractivity contribution in [1.29, 1.82) is 0 Å². The average molecular weight is 716 g/mol. The zero-order valence-corrected chi connectivity index (χ0v) is 30.3. The van der Waals surface area contributed by atoms with Crippen LogP contribution in [0.2, 0.25) is 0 Å². The summed E-state index contributed by atoms with van der Waals surface area (Å²) in [5.74, 6) is 0. The largest absolute Gasteiger partial charge is 0.456 e. The monoisotopic (exact) mass is 715 g/mol. The van der Waals surface area contributed by atoms with Gasteiger partial charge in [-0.25, -0.2) is 0 Å². The van der Waals surface area contributed by atoms with E-state index in [1.54, 1.807) is 6.20 Å². The number of nitrogens with zero attached hydrogens (tertiary/aromatic N) is 1. The Labute approximate surface area is 323 Å². The van der Waals surface area contributed by atoms with Gasteiger partial charge in [-0.05, 0) is 133 Å². The van der Waals surface area contributed by atoms with Crippen LogP contribution >= 0.6 is 0 Å². The molecule has 0 amide bonds. The Morgan fingerprint density at radius 3 is 1.02 bits per heavy atom. The Morgan fingerprint density at radius 2 is 0.589 bits per heavy atom. The van der Waals surface area contributed by atoms with Gasteiger partial charge in [-0.3, -0.25) is 4.98 Å². The lowest BCUT2D eigenvalue weighted by atomic mass is 9.93. The predicted molar refractivity (Wildman–Crippen MR) is 231 cm³/mol. The van der Waals surface area contributed by atoms with Crippen LogP contribution < -0.4 is 0 Å². The Morgan fingerprint density at radius 1 is 0.250 bits per heavy atom. The van der Waals surface area contributed by atoms with Gasteiger partial charge < -0.3 is 8.83 Å². The molecule has 0 aliphatic rings. The van der Waals surface area contributed by atoms with Crippen LogP contribution in [0.15, 0.2) is 209 Å². The molecule has 11 rings (SSSR count). The number of benzene rings is 8. The number of hydrogen-bond donors (Lipinski definition) is 0. The molecule has 8 aromatic carbocycles. The highest BCUT2D eigenvalue weighted by molar-refractivity contribution is 6.07. The van der Waals surface area contributed by atoms with E-state index in [9.17, 15) is 0 Å². The highest BCUT2D eigenvalue weighted by Crippen LogP contribution is 2.37. The second-order valence-corrected chi connectivity index (χ2v) is 14.4. The van der Waals surface area contributed by atoms with E-state index in [4.69, 9.17) is 8.83 Å².